The van der Waals surface area contributed by atoms with Gasteiger partial charge >= 0.3 is 0 Å². The first-order chi connectivity index (χ1) is 9.60. The van der Waals surface area contributed by atoms with Crippen LogP contribution in [0.2, 0.25) is 0 Å². The molecule has 0 saturated heterocycles. The molecular formula is C15H21N3O2. The van der Waals surface area contributed by atoms with Crippen molar-refractivity contribution in [3.05, 3.63) is 41.7 Å². The van der Waals surface area contributed by atoms with Crippen molar-refractivity contribution >= 4 is 0 Å². The van der Waals surface area contributed by atoms with Crippen LogP contribution in [0.3, 0.4) is 0 Å². The van der Waals surface area contributed by atoms with Crippen molar-refractivity contribution in [1.29, 1.82) is 0 Å². The third-order valence-corrected chi connectivity index (χ3v) is 3.25. The number of hydrogen-bond acceptors (Lipinski definition) is 4. The molecule has 5 heteroatoms. The Hall–Kier alpha value is -2.01. The summed E-state index contributed by atoms with van der Waals surface area (Å²) in [7, 11) is 1.62. The summed E-state index contributed by atoms with van der Waals surface area (Å²) in [5.41, 5.74) is 1.99. The van der Waals surface area contributed by atoms with Gasteiger partial charge < -0.3 is 15.2 Å². The summed E-state index contributed by atoms with van der Waals surface area (Å²) in [6, 6.07) is 5.30. The van der Waals surface area contributed by atoms with Crippen LogP contribution in [0.4, 0.5) is 0 Å². The maximum absolute atomic E-state index is 9.91. The Balaban J connectivity index is 1.92. The van der Waals surface area contributed by atoms with Crippen molar-refractivity contribution in [1.82, 2.24) is 15.1 Å². The van der Waals surface area contributed by atoms with Crippen LogP contribution in [0.15, 0.2) is 30.6 Å². The molecule has 0 aliphatic heterocycles. The monoisotopic (exact) mass is 275 g/mol. The minimum Gasteiger partial charge on any atom is -0.508 e. The van der Waals surface area contributed by atoms with Gasteiger partial charge in [-0.1, -0.05) is 0 Å². The van der Waals surface area contributed by atoms with Gasteiger partial charge in [-0.05, 0) is 37.6 Å². The van der Waals surface area contributed by atoms with Crippen LogP contribution in [0.25, 0.3) is 0 Å². The van der Waals surface area contributed by atoms with Crippen molar-refractivity contribution in [3.8, 4) is 11.5 Å². The average Bonchev–Trinajstić information content (AvgIpc) is 2.85. The summed E-state index contributed by atoms with van der Waals surface area (Å²) >= 11 is 0. The highest BCUT2D eigenvalue weighted by Gasteiger charge is 2.11. The molecule has 1 aromatic carbocycles. The molecule has 20 heavy (non-hydrogen) atoms. The second-order valence-electron chi connectivity index (χ2n) is 4.88. The number of phenols is 1. The largest absolute Gasteiger partial charge is 0.508 e. The molecular weight excluding hydrogens is 254 g/mol. The van der Waals surface area contributed by atoms with Crippen molar-refractivity contribution in [2.45, 2.75) is 26.4 Å². The molecule has 2 rings (SSSR count). The highest BCUT2D eigenvalue weighted by atomic mass is 16.5. The molecule has 0 bridgehead atoms. The van der Waals surface area contributed by atoms with Gasteiger partial charge in [0.05, 0.1) is 19.9 Å². The van der Waals surface area contributed by atoms with Gasteiger partial charge in [-0.3, -0.25) is 4.68 Å². The van der Waals surface area contributed by atoms with E-state index in [0.717, 1.165) is 30.0 Å². The standard InChI is InChI=1S/C15H21N3O2/c1-11-9-17-18(10-11)7-6-16-12(2)14-8-13(20-3)4-5-15(14)19/h4-5,8-10,12,16,19H,6-7H2,1-3H3. The summed E-state index contributed by atoms with van der Waals surface area (Å²) < 4.78 is 7.09. The third kappa shape index (κ3) is 3.51. The van der Waals surface area contributed by atoms with Gasteiger partial charge in [0.25, 0.3) is 0 Å². The molecule has 108 valence electrons. The van der Waals surface area contributed by atoms with Gasteiger partial charge in [0.2, 0.25) is 0 Å². The minimum absolute atomic E-state index is 0.0433. The Morgan fingerprint density at radius 2 is 2.25 bits per heavy atom. The zero-order valence-electron chi connectivity index (χ0n) is 12.1. The topological polar surface area (TPSA) is 59.3 Å². The molecule has 0 aliphatic carbocycles. The fourth-order valence-corrected chi connectivity index (χ4v) is 2.10. The Morgan fingerprint density at radius 1 is 1.45 bits per heavy atom. The third-order valence-electron chi connectivity index (χ3n) is 3.25. The van der Waals surface area contributed by atoms with Crippen LogP contribution < -0.4 is 10.1 Å². The number of aryl methyl sites for hydroxylation is 1. The molecule has 5 nitrogen and oxygen atoms in total. The highest BCUT2D eigenvalue weighted by Crippen LogP contribution is 2.28. The number of hydrogen-bond donors (Lipinski definition) is 2. The van der Waals surface area contributed by atoms with E-state index in [2.05, 4.69) is 10.4 Å². The van der Waals surface area contributed by atoms with E-state index >= 15 is 0 Å². The fraction of sp³-hybridized carbons (Fsp3) is 0.400. The lowest BCUT2D eigenvalue weighted by Gasteiger charge is -2.16. The maximum Gasteiger partial charge on any atom is 0.120 e. The molecule has 0 spiro atoms. The van der Waals surface area contributed by atoms with E-state index in [1.165, 1.54) is 0 Å². The number of benzene rings is 1. The van der Waals surface area contributed by atoms with Gasteiger partial charge in [-0.2, -0.15) is 5.10 Å². The number of aromatic hydroxyl groups is 1. The van der Waals surface area contributed by atoms with Crippen LogP contribution in [0.5, 0.6) is 11.5 Å². The Morgan fingerprint density at radius 3 is 2.90 bits per heavy atom. The van der Waals surface area contributed by atoms with Gasteiger partial charge in [-0.25, -0.2) is 0 Å². The molecule has 0 radical (unpaired) electrons. The number of ether oxygens (including phenoxy) is 1. The van der Waals surface area contributed by atoms with E-state index in [0.29, 0.717) is 0 Å². The maximum atomic E-state index is 9.91. The van der Waals surface area contributed by atoms with Crippen LogP contribution in [-0.4, -0.2) is 28.5 Å². The van der Waals surface area contributed by atoms with Crippen LogP contribution >= 0.6 is 0 Å². The second kappa shape index (κ2) is 6.43. The lowest BCUT2D eigenvalue weighted by atomic mass is 10.1. The van der Waals surface area contributed by atoms with Gasteiger partial charge in [0.1, 0.15) is 11.5 Å². The van der Waals surface area contributed by atoms with E-state index in [1.54, 1.807) is 19.2 Å². The van der Waals surface area contributed by atoms with E-state index in [4.69, 9.17) is 4.74 Å². The zero-order chi connectivity index (χ0) is 14.5. The number of nitrogens with one attached hydrogen (secondary N) is 1. The lowest BCUT2D eigenvalue weighted by molar-refractivity contribution is 0.407. The normalized spacial score (nSPS) is 12.3. The van der Waals surface area contributed by atoms with Crippen molar-refractivity contribution in [2.75, 3.05) is 13.7 Å². The van der Waals surface area contributed by atoms with E-state index in [-0.39, 0.29) is 11.8 Å². The minimum atomic E-state index is 0.0433. The van der Waals surface area contributed by atoms with E-state index in [9.17, 15) is 5.11 Å². The molecule has 1 unspecified atom stereocenters. The summed E-state index contributed by atoms with van der Waals surface area (Å²) in [6.45, 7) is 5.61. The summed E-state index contributed by atoms with van der Waals surface area (Å²) in [4.78, 5) is 0. The van der Waals surface area contributed by atoms with Crippen LogP contribution in [0, 0.1) is 6.92 Å². The Bertz CT molecular complexity index is 566. The first kappa shape index (κ1) is 14.4. The van der Waals surface area contributed by atoms with Crippen molar-refractivity contribution in [2.24, 2.45) is 0 Å². The summed E-state index contributed by atoms with van der Waals surface area (Å²) in [6.07, 6.45) is 3.85. The molecule has 2 N–H and O–H groups in total. The number of phenolic OH excluding ortho intramolecular Hbond substituents is 1. The van der Waals surface area contributed by atoms with Gasteiger partial charge in [0.15, 0.2) is 0 Å². The van der Waals surface area contributed by atoms with Crippen molar-refractivity contribution in [3.63, 3.8) is 0 Å². The summed E-state index contributed by atoms with van der Waals surface area (Å²) in [5, 5.41) is 17.5. The molecule has 1 atom stereocenters. The molecule has 1 heterocycles. The number of methoxy groups -OCH3 is 1. The predicted molar refractivity (Wildman–Crippen MR) is 78.0 cm³/mol. The van der Waals surface area contributed by atoms with Gasteiger partial charge in [0, 0.05) is 24.3 Å². The van der Waals surface area contributed by atoms with Crippen LogP contribution in [-0.2, 0) is 6.54 Å². The number of nitrogens with zero attached hydrogens (tertiary/aromatic N) is 2. The van der Waals surface area contributed by atoms with Gasteiger partial charge in [-0.15, -0.1) is 0 Å². The van der Waals surface area contributed by atoms with E-state index in [1.807, 2.05) is 37.0 Å². The number of aromatic nitrogens is 2. The molecule has 1 aromatic heterocycles. The smallest absolute Gasteiger partial charge is 0.120 e. The molecule has 0 saturated carbocycles. The van der Waals surface area contributed by atoms with Crippen molar-refractivity contribution < 1.29 is 9.84 Å². The fourth-order valence-electron chi connectivity index (χ4n) is 2.10. The van der Waals surface area contributed by atoms with E-state index < -0.39 is 0 Å². The Kier molecular flexibility index (Phi) is 4.63. The zero-order valence-corrected chi connectivity index (χ0v) is 12.1. The average molecular weight is 275 g/mol. The molecule has 2 aromatic rings. The Labute approximate surface area is 119 Å². The highest BCUT2D eigenvalue weighted by molar-refractivity contribution is 5.41. The summed E-state index contributed by atoms with van der Waals surface area (Å²) in [5.74, 6) is 1.02. The van der Waals surface area contributed by atoms with Crippen LogP contribution in [0.1, 0.15) is 24.1 Å². The quantitative estimate of drug-likeness (QED) is 0.849. The first-order valence-corrected chi connectivity index (χ1v) is 6.69. The lowest BCUT2D eigenvalue weighted by Crippen LogP contribution is -2.23. The molecule has 0 fully saturated rings. The molecule has 0 aliphatic rings. The second-order valence-corrected chi connectivity index (χ2v) is 4.88. The predicted octanol–water partition coefficient (Wildman–Crippen LogP) is 2.26. The number of rotatable bonds is 6. The molecule has 0 amide bonds. The first-order valence-electron chi connectivity index (χ1n) is 6.69. The SMILES string of the molecule is COc1ccc(O)c(C(C)NCCn2cc(C)cn2)c1.